The van der Waals surface area contributed by atoms with Gasteiger partial charge in [-0.05, 0) is 24.3 Å². The number of aromatic nitrogens is 2. The lowest BCUT2D eigenvalue weighted by Gasteiger charge is -2.29. The quantitative estimate of drug-likeness (QED) is 0.806. The Morgan fingerprint density at radius 2 is 1.77 bits per heavy atom. The molecular weight excluding hydrogens is 400 g/mol. The Labute approximate surface area is 159 Å². The number of carbonyl (C=O) groups excluding carboxylic acids is 2. The van der Waals surface area contributed by atoms with Crippen LogP contribution in [0.2, 0.25) is 0 Å². The van der Waals surface area contributed by atoms with Gasteiger partial charge in [-0.1, -0.05) is 15.9 Å². The van der Waals surface area contributed by atoms with Crippen LogP contribution in [0.4, 0.5) is 0 Å². The zero-order valence-corrected chi connectivity index (χ0v) is 15.8. The predicted molar refractivity (Wildman–Crippen MR) is 97.9 cm³/mol. The maximum absolute atomic E-state index is 12.8. The average molecular weight is 419 g/mol. The molecule has 0 bridgehead atoms. The molecule has 1 aromatic heterocycles. The van der Waals surface area contributed by atoms with Crippen LogP contribution in [0, 0.1) is 0 Å². The van der Waals surface area contributed by atoms with Gasteiger partial charge in [-0.2, -0.15) is 5.10 Å². The fourth-order valence-corrected chi connectivity index (χ4v) is 3.60. The minimum absolute atomic E-state index is 0.0332. The molecule has 8 heteroatoms. The molecule has 1 aromatic carbocycles. The van der Waals surface area contributed by atoms with Crippen molar-refractivity contribution in [1.82, 2.24) is 20.0 Å². The number of hydrogen-bond donors (Lipinski definition) is 1. The largest absolute Gasteiger partial charge is 0.378 e. The van der Waals surface area contributed by atoms with E-state index in [0.717, 1.165) is 15.7 Å². The first-order chi connectivity index (χ1) is 12.6. The van der Waals surface area contributed by atoms with Gasteiger partial charge in [0, 0.05) is 47.3 Å². The summed E-state index contributed by atoms with van der Waals surface area (Å²) < 4.78 is 6.24. The van der Waals surface area contributed by atoms with Gasteiger partial charge in [-0.25, -0.2) is 0 Å². The van der Waals surface area contributed by atoms with Crippen molar-refractivity contribution >= 4 is 27.7 Å². The summed E-state index contributed by atoms with van der Waals surface area (Å²) >= 11 is 3.38. The van der Waals surface area contributed by atoms with E-state index in [2.05, 4.69) is 26.1 Å². The summed E-state index contributed by atoms with van der Waals surface area (Å²) in [6.07, 6.45) is 0.668. The van der Waals surface area contributed by atoms with Crippen LogP contribution in [0.5, 0.6) is 0 Å². The molecule has 26 heavy (non-hydrogen) atoms. The molecule has 0 atom stereocenters. The second kappa shape index (κ2) is 7.20. The highest BCUT2D eigenvalue weighted by Crippen LogP contribution is 2.23. The number of nitrogens with zero attached hydrogens (tertiary/aromatic N) is 3. The maximum Gasteiger partial charge on any atom is 0.274 e. The van der Waals surface area contributed by atoms with E-state index in [1.165, 1.54) is 0 Å². The summed E-state index contributed by atoms with van der Waals surface area (Å²) in [5.74, 6) is -0.127. The van der Waals surface area contributed by atoms with Crippen molar-refractivity contribution in [2.75, 3.05) is 32.8 Å². The molecule has 3 heterocycles. The van der Waals surface area contributed by atoms with E-state index in [0.29, 0.717) is 57.1 Å². The number of nitrogens with one attached hydrogen (secondary N) is 1. The molecule has 0 saturated carbocycles. The third kappa shape index (κ3) is 3.26. The van der Waals surface area contributed by atoms with Crippen LogP contribution in [0.1, 0.15) is 32.1 Å². The molecule has 136 valence electrons. The number of hydrogen-bond acceptors (Lipinski definition) is 4. The molecule has 0 unspecified atom stereocenters. The fourth-order valence-electron chi connectivity index (χ4n) is 3.34. The van der Waals surface area contributed by atoms with Crippen LogP contribution in [0.15, 0.2) is 28.7 Å². The van der Waals surface area contributed by atoms with E-state index in [1.807, 2.05) is 12.1 Å². The van der Waals surface area contributed by atoms with Crippen LogP contribution in [0.3, 0.4) is 0 Å². The molecule has 1 saturated heterocycles. The number of halogens is 1. The number of fused-ring (bicyclic) bond motifs is 1. The first-order valence-electron chi connectivity index (χ1n) is 8.61. The number of amides is 2. The molecule has 2 aliphatic rings. The Morgan fingerprint density at radius 1 is 1.04 bits per heavy atom. The van der Waals surface area contributed by atoms with Crippen LogP contribution in [0.25, 0.3) is 0 Å². The lowest BCUT2D eigenvalue weighted by atomic mass is 10.0. The molecule has 0 radical (unpaired) electrons. The van der Waals surface area contributed by atoms with Crippen LogP contribution < -0.4 is 0 Å². The zero-order chi connectivity index (χ0) is 18.1. The molecular formula is C18H19BrN4O3. The second-order valence-corrected chi connectivity index (χ2v) is 7.33. The smallest absolute Gasteiger partial charge is 0.274 e. The lowest BCUT2D eigenvalue weighted by Crippen LogP contribution is -2.42. The Balaban J connectivity index is 1.54. The molecule has 2 aliphatic heterocycles. The molecule has 1 N–H and O–H groups in total. The standard InChI is InChI=1S/C18H19BrN4O3/c19-13-3-1-12(2-4-13)17(24)23-6-5-15-14(11-23)16(21-20-15)18(25)22-7-9-26-10-8-22/h1-4H,5-11H2,(H,20,21). The van der Waals surface area contributed by atoms with Crippen molar-refractivity contribution in [1.29, 1.82) is 0 Å². The van der Waals surface area contributed by atoms with Gasteiger partial charge < -0.3 is 14.5 Å². The van der Waals surface area contributed by atoms with Gasteiger partial charge >= 0.3 is 0 Å². The normalized spacial score (nSPS) is 17.1. The summed E-state index contributed by atoms with van der Waals surface area (Å²) in [6, 6.07) is 7.32. The van der Waals surface area contributed by atoms with Gasteiger partial charge in [-0.3, -0.25) is 14.7 Å². The summed E-state index contributed by atoms with van der Waals surface area (Å²) in [6.45, 7) is 3.24. The van der Waals surface area contributed by atoms with Crippen molar-refractivity contribution in [3.63, 3.8) is 0 Å². The second-order valence-electron chi connectivity index (χ2n) is 6.42. The Kier molecular flexibility index (Phi) is 4.78. The molecule has 4 rings (SSSR count). The summed E-state index contributed by atoms with van der Waals surface area (Å²) in [5.41, 5.74) is 2.84. The Hall–Kier alpha value is -2.19. The number of H-pyrrole nitrogens is 1. The van der Waals surface area contributed by atoms with Crippen LogP contribution in [-0.4, -0.2) is 64.7 Å². The van der Waals surface area contributed by atoms with Gasteiger partial charge in [0.05, 0.1) is 19.8 Å². The highest BCUT2D eigenvalue weighted by Gasteiger charge is 2.30. The van der Waals surface area contributed by atoms with E-state index < -0.39 is 0 Å². The van der Waals surface area contributed by atoms with E-state index >= 15 is 0 Å². The third-order valence-electron chi connectivity index (χ3n) is 4.81. The predicted octanol–water partition coefficient (Wildman–Crippen LogP) is 1.84. The van der Waals surface area contributed by atoms with E-state index in [1.54, 1.807) is 21.9 Å². The third-order valence-corrected chi connectivity index (χ3v) is 5.34. The zero-order valence-electron chi connectivity index (χ0n) is 14.2. The summed E-state index contributed by atoms with van der Waals surface area (Å²) in [7, 11) is 0. The van der Waals surface area contributed by atoms with Crippen LogP contribution >= 0.6 is 15.9 Å². The molecule has 2 aromatic rings. The fraction of sp³-hybridized carbons (Fsp3) is 0.389. The Morgan fingerprint density at radius 3 is 2.50 bits per heavy atom. The van der Waals surface area contributed by atoms with E-state index in [-0.39, 0.29) is 11.8 Å². The average Bonchev–Trinajstić information content (AvgIpc) is 3.11. The van der Waals surface area contributed by atoms with Gasteiger partial charge in [0.15, 0.2) is 5.69 Å². The lowest BCUT2D eigenvalue weighted by molar-refractivity contribution is 0.0297. The highest BCUT2D eigenvalue weighted by molar-refractivity contribution is 9.10. The van der Waals surface area contributed by atoms with Gasteiger partial charge in [0.25, 0.3) is 11.8 Å². The Bertz CT molecular complexity index is 827. The number of carbonyl (C=O) groups is 2. The first-order valence-corrected chi connectivity index (χ1v) is 9.41. The number of aromatic amines is 1. The van der Waals surface area contributed by atoms with E-state index in [4.69, 9.17) is 4.74 Å². The molecule has 7 nitrogen and oxygen atoms in total. The first kappa shape index (κ1) is 17.2. The topological polar surface area (TPSA) is 78.5 Å². The van der Waals surface area contributed by atoms with E-state index in [9.17, 15) is 9.59 Å². The van der Waals surface area contributed by atoms with Crippen molar-refractivity contribution in [2.24, 2.45) is 0 Å². The summed E-state index contributed by atoms with van der Waals surface area (Å²) in [5, 5.41) is 7.23. The van der Waals surface area contributed by atoms with Crippen molar-refractivity contribution in [3.8, 4) is 0 Å². The van der Waals surface area contributed by atoms with Gasteiger partial charge in [0.2, 0.25) is 0 Å². The van der Waals surface area contributed by atoms with Crippen molar-refractivity contribution < 1.29 is 14.3 Å². The molecule has 0 aliphatic carbocycles. The number of rotatable bonds is 2. The van der Waals surface area contributed by atoms with Gasteiger partial charge in [-0.15, -0.1) is 0 Å². The monoisotopic (exact) mass is 418 g/mol. The summed E-state index contributed by atoms with van der Waals surface area (Å²) in [4.78, 5) is 29.1. The minimum atomic E-state index is -0.0938. The molecule has 1 fully saturated rings. The number of ether oxygens (including phenoxy) is 1. The molecule has 2 amide bonds. The SMILES string of the molecule is O=C(c1ccc(Br)cc1)N1CCc2[nH]nc(C(=O)N3CCOCC3)c2C1. The number of morpholine rings is 1. The maximum atomic E-state index is 12.8. The van der Waals surface area contributed by atoms with Crippen molar-refractivity contribution in [3.05, 3.63) is 51.3 Å². The number of benzene rings is 1. The van der Waals surface area contributed by atoms with Crippen LogP contribution in [-0.2, 0) is 17.7 Å². The van der Waals surface area contributed by atoms with Gasteiger partial charge in [0.1, 0.15) is 0 Å². The molecule has 0 spiro atoms. The van der Waals surface area contributed by atoms with Crippen molar-refractivity contribution in [2.45, 2.75) is 13.0 Å². The highest BCUT2D eigenvalue weighted by atomic mass is 79.9. The minimum Gasteiger partial charge on any atom is -0.378 e.